The average Bonchev–Trinajstić information content (AvgIpc) is 3.16. The second-order valence-electron chi connectivity index (χ2n) is 7.39. The van der Waals surface area contributed by atoms with Crippen molar-refractivity contribution in [3.8, 4) is 0 Å². The van der Waals surface area contributed by atoms with Crippen molar-refractivity contribution in [3.05, 3.63) is 99.6 Å². The first-order chi connectivity index (χ1) is 16.0. The fourth-order valence-electron chi connectivity index (χ4n) is 3.25. The Balaban J connectivity index is 1.43. The fraction of sp³-hybridized carbons (Fsp3) is 0.125. The third kappa shape index (κ3) is 5.64. The van der Waals surface area contributed by atoms with Crippen molar-refractivity contribution in [1.29, 1.82) is 0 Å². The smallest absolute Gasteiger partial charge is 0.270 e. The van der Waals surface area contributed by atoms with Gasteiger partial charge in [-0.2, -0.15) is 5.10 Å². The number of aromatic nitrogens is 2. The SMILES string of the molecule is Cc1ccc(Cn2c(SCC(=O)N/N=C\c3cccc([N+](=O)[O-])c3)nc3ccccc32)cc1. The molecule has 1 N–H and O–H groups in total. The van der Waals surface area contributed by atoms with Crippen LogP contribution < -0.4 is 5.43 Å². The summed E-state index contributed by atoms with van der Waals surface area (Å²) >= 11 is 1.33. The van der Waals surface area contributed by atoms with E-state index < -0.39 is 4.92 Å². The van der Waals surface area contributed by atoms with Crippen molar-refractivity contribution in [2.24, 2.45) is 5.10 Å². The van der Waals surface area contributed by atoms with Gasteiger partial charge in [-0.3, -0.25) is 14.9 Å². The molecule has 9 heteroatoms. The minimum Gasteiger partial charge on any atom is -0.314 e. The molecule has 1 heterocycles. The molecule has 0 atom stereocenters. The molecule has 166 valence electrons. The Kier molecular flexibility index (Phi) is 6.80. The number of aryl methyl sites for hydroxylation is 1. The number of nitrogens with one attached hydrogen (secondary N) is 1. The number of hydrogen-bond acceptors (Lipinski definition) is 6. The largest absolute Gasteiger partial charge is 0.314 e. The summed E-state index contributed by atoms with van der Waals surface area (Å²) in [4.78, 5) is 27.4. The molecule has 0 aliphatic rings. The highest BCUT2D eigenvalue weighted by Crippen LogP contribution is 2.25. The first-order valence-electron chi connectivity index (χ1n) is 10.2. The summed E-state index contributed by atoms with van der Waals surface area (Å²) in [5.41, 5.74) is 7.18. The second-order valence-corrected chi connectivity index (χ2v) is 8.33. The first-order valence-corrected chi connectivity index (χ1v) is 11.2. The van der Waals surface area contributed by atoms with E-state index in [0.717, 1.165) is 21.8 Å². The Morgan fingerprint density at radius 3 is 2.73 bits per heavy atom. The van der Waals surface area contributed by atoms with Crippen molar-refractivity contribution >= 4 is 40.6 Å². The van der Waals surface area contributed by atoms with Gasteiger partial charge in [0.15, 0.2) is 5.16 Å². The molecule has 0 saturated heterocycles. The Morgan fingerprint density at radius 1 is 1.15 bits per heavy atom. The number of nitro benzene ring substituents is 1. The number of fused-ring (bicyclic) bond motifs is 1. The summed E-state index contributed by atoms with van der Waals surface area (Å²) in [5, 5.41) is 15.5. The molecule has 0 unspecified atom stereocenters. The number of para-hydroxylation sites is 2. The van der Waals surface area contributed by atoms with Crippen LogP contribution >= 0.6 is 11.8 Å². The second kappa shape index (κ2) is 10.1. The molecule has 0 aliphatic carbocycles. The van der Waals surface area contributed by atoms with Gasteiger partial charge < -0.3 is 4.57 Å². The summed E-state index contributed by atoms with van der Waals surface area (Å²) in [7, 11) is 0. The molecule has 8 nitrogen and oxygen atoms in total. The zero-order valence-electron chi connectivity index (χ0n) is 17.8. The van der Waals surface area contributed by atoms with Crippen LogP contribution in [0.25, 0.3) is 11.0 Å². The van der Waals surface area contributed by atoms with Crippen LogP contribution in [0.2, 0.25) is 0 Å². The number of nitrogens with zero attached hydrogens (tertiary/aromatic N) is 4. The quantitative estimate of drug-likeness (QED) is 0.180. The van der Waals surface area contributed by atoms with Crippen molar-refractivity contribution < 1.29 is 9.72 Å². The van der Waals surface area contributed by atoms with Gasteiger partial charge in [0.25, 0.3) is 11.6 Å². The molecule has 0 fully saturated rings. The molecular weight excluding hydrogens is 438 g/mol. The number of carbonyl (C=O) groups is 1. The van der Waals surface area contributed by atoms with E-state index in [1.807, 2.05) is 24.3 Å². The maximum Gasteiger partial charge on any atom is 0.270 e. The highest BCUT2D eigenvalue weighted by Gasteiger charge is 2.13. The van der Waals surface area contributed by atoms with Crippen LogP contribution in [0.3, 0.4) is 0 Å². The molecule has 0 aliphatic heterocycles. The minimum atomic E-state index is -0.477. The van der Waals surface area contributed by atoms with Crippen molar-refractivity contribution in [3.63, 3.8) is 0 Å². The Morgan fingerprint density at radius 2 is 1.94 bits per heavy atom. The number of carbonyl (C=O) groups excluding carboxylic acids is 1. The van der Waals surface area contributed by atoms with Gasteiger partial charge in [-0.1, -0.05) is 65.9 Å². The first kappa shape index (κ1) is 22.2. The summed E-state index contributed by atoms with van der Waals surface area (Å²) in [6.45, 7) is 2.70. The molecule has 4 aromatic rings. The van der Waals surface area contributed by atoms with Crippen LogP contribution in [0.1, 0.15) is 16.7 Å². The number of amides is 1. The number of thioether (sulfide) groups is 1. The van der Waals surface area contributed by atoms with E-state index in [9.17, 15) is 14.9 Å². The van der Waals surface area contributed by atoms with Crippen LogP contribution in [-0.4, -0.2) is 32.3 Å². The van der Waals surface area contributed by atoms with Gasteiger partial charge in [0.1, 0.15) is 0 Å². The van der Waals surface area contributed by atoms with Gasteiger partial charge in [-0.15, -0.1) is 0 Å². The molecule has 0 bridgehead atoms. The predicted octanol–water partition coefficient (Wildman–Crippen LogP) is 4.54. The lowest BCUT2D eigenvalue weighted by atomic mass is 10.1. The molecule has 1 aromatic heterocycles. The molecule has 3 aromatic carbocycles. The molecular formula is C24H21N5O3S. The van der Waals surface area contributed by atoms with E-state index in [1.54, 1.807) is 12.1 Å². The van der Waals surface area contributed by atoms with Gasteiger partial charge in [0.05, 0.1) is 34.5 Å². The number of hydrazone groups is 1. The summed E-state index contributed by atoms with van der Waals surface area (Å²) in [6, 6.07) is 22.2. The van der Waals surface area contributed by atoms with E-state index in [2.05, 4.69) is 46.3 Å². The van der Waals surface area contributed by atoms with Crippen molar-refractivity contribution in [1.82, 2.24) is 15.0 Å². The van der Waals surface area contributed by atoms with Crippen LogP contribution in [0, 0.1) is 17.0 Å². The van der Waals surface area contributed by atoms with E-state index in [4.69, 9.17) is 4.98 Å². The monoisotopic (exact) mass is 459 g/mol. The summed E-state index contributed by atoms with van der Waals surface area (Å²) in [6.07, 6.45) is 1.38. The topological polar surface area (TPSA) is 102 Å². The number of imidazole rings is 1. The van der Waals surface area contributed by atoms with E-state index >= 15 is 0 Å². The highest BCUT2D eigenvalue weighted by atomic mass is 32.2. The van der Waals surface area contributed by atoms with E-state index in [-0.39, 0.29) is 17.3 Å². The number of rotatable bonds is 8. The highest BCUT2D eigenvalue weighted by molar-refractivity contribution is 7.99. The van der Waals surface area contributed by atoms with E-state index in [1.165, 1.54) is 35.7 Å². The lowest BCUT2D eigenvalue weighted by Crippen LogP contribution is -2.20. The van der Waals surface area contributed by atoms with Gasteiger partial charge in [0.2, 0.25) is 0 Å². The lowest BCUT2D eigenvalue weighted by molar-refractivity contribution is -0.384. The molecule has 0 radical (unpaired) electrons. The number of benzene rings is 3. The van der Waals surface area contributed by atoms with Gasteiger partial charge in [-0.05, 0) is 24.6 Å². The van der Waals surface area contributed by atoms with Crippen LogP contribution in [0.15, 0.2) is 83.1 Å². The van der Waals surface area contributed by atoms with Crippen LogP contribution in [0.4, 0.5) is 5.69 Å². The van der Waals surface area contributed by atoms with Crippen LogP contribution in [-0.2, 0) is 11.3 Å². The maximum atomic E-state index is 12.3. The molecule has 0 saturated carbocycles. The van der Waals surface area contributed by atoms with Crippen molar-refractivity contribution in [2.45, 2.75) is 18.6 Å². The Bertz CT molecular complexity index is 1330. The van der Waals surface area contributed by atoms with Gasteiger partial charge >= 0.3 is 0 Å². The fourth-order valence-corrected chi connectivity index (χ4v) is 4.06. The number of nitro groups is 1. The zero-order valence-corrected chi connectivity index (χ0v) is 18.7. The third-order valence-corrected chi connectivity index (χ3v) is 5.87. The molecule has 33 heavy (non-hydrogen) atoms. The average molecular weight is 460 g/mol. The maximum absolute atomic E-state index is 12.3. The normalized spacial score (nSPS) is 11.2. The summed E-state index contributed by atoms with van der Waals surface area (Å²) < 4.78 is 2.10. The Labute approximate surface area is 194 Å². The standard InChI is InChI=1S/C24H21N5O3S/c1-17-9-11-18(12-10-17)15-28-22-8-3-2-7-21(22)26-24(28)33-16-23(30)27-25-14-19-5-4-6-20(13-19)29(31)32/h2-14H,15-16H2,1H3,(H,27,30)/b25-14-. The van der Waals surface area contributed by atoms with Crippen molar-refractivity contribution in [2.75, 3.05) is 5.75 Å². The molecule has 4 rings (SSSR count). The summed E-state index contributed by atoms with van der Waals surface area (Å²) in [5.74, 6) is -0.167. The lowest BCUT2D eigenvalue weighted by Gasteiger charge is -2.09. The van der Waals surface area contributed by atoms with Crippen LogP contribution in [0.5, 0.6) is 0 Å². The van der Waals surface area contributed by atoms with Gasteiger partial charge in [-0.25, -0.2) is 10.4 Å². The zero-order chi connectivity index (χ0) is 23.2. The molecule has 0 spiro atoms. The predicted molar refractivity (Wildman–Crippen MR) is 130 cm³/mol. The Hall–Kier alpha value is -3.98. The number of non-ortho nitro benzene ring substituents is 1. The van der Waals surface area contributed by atoms with E-state index in [0.29, 0.717) is 12.1 Å². The van der Waals surface area contributed by atoms with Gasteiger partial charge in [0, 0.05) is 17.7 Å². The minimum absolute atomic E-state index is 0.0340. The third-order valence-electron chi connectivity index (χ3n) is 4.90. The number of hydrogen-bond donors (Lipinski definition) is 1. The molecule has 1 amide bonds.